The Hall–Kier alpha value is -5.28. The summed E-state index contributed by atoms with van der Waals surface area (Å²) in [4.78, 5) is 13.5. The molecule has 0 aliphatic heterocycles. The van der Waals surface area contributed by atoms with E-state index >= 15 is 0 Å². The molecule has 39 heavy (non-hydrogen) atoms. The predicted octanol–water partition coefficient (Wildman–Crippen LogP) is 7.01. The maximum Gasteiger partial charge on any atom is 0.256 e. The summed E-state index contributed by atoms with van der Waals surface area (Å²) in [6, 6.07) is 36.8. The van der Waals surface area contributed by atoms with Crippen LogP contribution in [0.1, 0.15) is 21.5 Å². The van der Waals surface area contributed by atoms with Crippen LogP contribution in [0.3, 0.4) is 0 Å². The first kappa shape index (κ1) is 25.4. The van der Waals surface area contributed by atoms with Gasteiger partial charge in [-0.2, -0.15) is 5.26 Å². The Balaban J connectivity index is 1.74. The highest BCUT2D eigenvalue weighted by Gasteiger charge is 2.27. The lowest BCUT2D eigenvalue weighted by atomic mass is 9.98. The van der Waals surface area contributed by atoms with Crippen molar-refractivity contribution in [2.24, 2.45) is 0 Å². The Kier molecular flexibility index (Phi) is 7.42. The minimum absolute atomic E-state index is 0.335. The molecule has 4 aromatic carbocycles. The molecule has 0 aliphatic carbocycles. The van der Waals surface area contributed by atoms with Gasteiger partial charge in [0.15, 0.2) is 0 Å². The standard InChI is InChI=1S/C33H27N3O3/c1-38-27-18-16-23(17-19-27)22-36-31(25-12-7-4-8-13-25)30(24-10-5-3-6-11-24)29(21-34)32(36)35-33(37)26-14-9-15-28(20-26)39-2/h3-20H,22H2,1-2H3,(H,35,37). The second-order valence-electron chi connectivity index (χ2n) is 8.91. The molecule has 5 rings (SSSR count). The van der Waals surface area contributed by atoms with E-state index in [1.807, 2.05) is 89.5 Å². The molecule has 1 aromatic heterocycles. The SMILES string of the molecule is COc1ccc(Cn2c(NC(=O)c3cccc(OC)c3)c(C#N)c(-c3ccccc3)c2-c2ccccc2)cc1. The van der Waals surface area contributed by atoms with Crippen molar-refractivity contribution in [2.45, 2.75) is 6.54 Å². The van der Waals surface area contributed by atoms with Gasteiger partial charge in [0.1, 0.15) is 28.9 Å². The number of amides is 1. The molecule has 0 aliphatic rings. The van der Waals surface area contributed by atoms with Gasteiger partial charge in [-0.25, -0.2) is 0 Å². The molecule has 0 unspecified atom stereocenters. The van der Waals surface area contributed by atoms with E-state index in [4.69, 9.17) is 9.47 Å². The van der Waals surface area contributed by atoms with Crippen molar-refractivity contribution in [3.63, 3.8) is 0 Å². The summed E-state index contributed by atoms with van der Waals surface area (Å²) in [5.74, 6) is 1.42. The Morgan fingerprint density at radius 3 is 2.05 bits per heavy atom. The monoisotopic (exact) mass is 513 g/mol. The van der Waals surface area contributed by atoms with Crippen LogP contribution in [0.5, 0.6) is 11.5 Å². The van der Waals surface area contributed by atoms with Crippen molar-refractivity contribution in [1.82, 2.24) is 4.57 Å². The number of carbonyl (C=O) groups excluding carboxylic acids is 1. The number of nitriles is 1. The van der Waals surface area contributed by atoms with E-state index < -0.39 is 0 Å². The summed E-state index contributed by atoms with van der Waals surface area (Å²) in [5, 5.41) is 13.6. The third kappa shape index (κ3) is 5.25. The van der Waals surface area contributed by atoms with E-state index in [0.29, 0.717) is 29.2 Å². The molecule has 0 saturated heterocycles. The Labute approximate surface area is 227 Å². The van der Waals surface area contributed by atoms with E-state index in [2.05, 4.69) is 11.4 Å². The minimum atomic E-state index is -0.335. The average Bonchev–Trinajstić information content (AvgIpc) is 3.30. The first-order chi connectivity index (χ1) is 19.1. The second-order valence-corrected chi connectivity index (χ2v) is 8.91. The molecule has 192 valence electrons. The fourth-order valence-corrected chi connectivity index (χ4v) is 4.66. The summed E-state index contributed by atoms with van der Waals surface area (Å²) < 4.78 is 12.7. The number of hydrogen-bond acceptors (Lipinski definition) is 4. The van der Waals surface area contributed by atoms with Gasteiger partial charge < -0.3 is 19.4 Å². The maximum absolute atomic E-state index is 13.5. The lowest BCUT2D eigenvalue weighted by Gasteiger charge is -2.16. The first-order valence-electron chi connectivity index (χ1n) is 12.5. The average molecular weight is 514 g/mol. The smallest absolute Gasteiger partial charge is 0.256 e. The third-order valence-electron chi connectivity index (χ3n) is 6.55. The summed E-state index contributed by atoms with van der Waals surface area (Å²) >= 11 is 0. The van der Waals surface area contributed by atoms with Gasteiger partial charge in [0.05, 0.1) is 19.9 Å². The molecule has 1 amide bonds. The van der Waals surface area contributed by atoms with Crippen LogP contribution in [-0.2, 0) is 6.54 Å². The number of nitrogens with zero attached hydrogens (tertiary/aromatic N) is 2. The second kappa shape index (κ2) is 11.4. The normalized spacial score (nSPS) is 10.5. The topological polar surface area (TPSA) is 76.3 Å². The summed E-state index contributed by atoms with van der Waals surface area (Å²) in [7, 11) is 3.19. The highest BCUT2D eigenvalue weighted by Crippen LogP contribution is 2.42. The summed E-state index contributed by atoms with van der Waals surface area (Å²) in [6.45, 7) is 0.420. The van der Waals surface area contributed by atoms with E-state index in [1.54, 1.807) is 38.5 Å². The van der Waals surface area contributed by atoms with Crippen molar-refractivity contribution < 1.29 is 14.3 Å². The molecule has 0 radical (unpaired) electrons. The van der Waals surface area contributed by atoms with Crippen LogP contribution in [-0.4, -0.2) is 24.7 Å². The van der Waals surface area contributed by atoms with E-state index in [9.17, 15) is 10.1 Å². The van der Waals surface area contributed by atoms with Crippen molar-refractivity contribution in [3.05, 3.63) is 126 Å². The minimum Gasteiger partial charge on any atom is -0.497 e. The van der Waals surface area contributed by atoms with Crippen LogP contribution in [0.4, 0.5) is 5.82 Å². The molecule has 6 nitrogen and oxygen atoms in total. The number of nitrogens with one attached hydrogen (secondary N) is 1. The number of aromatic nitrogens is 1. The van der Waals surface area contributed by atoms with E-state index in [-0.39, 0.29) is 5.91 Å². The van der Waals surface area contributed by atoms with Gasteiger partial charge >= 0.3 is 0 Å². The Morgan fingerprint density at radius 1 is 0.795 bits per heavy atom. The molecule has 5 aromatic rings. The lowest BCUT2D eigenvalue weighted by Crippen LogP contribution is -2.17. The van der Waals surface area contributed by atoms with Crippen LogP contribution in [0.15, 0.2) is 109 Å². The van der Waals surface area contributed by atoms with Crippen LogP contribution < -0.4 is 14.8 Å². The molecular formula is C33H27N3O3. The number of carbonyl (C=O) groups is 1. The van der Waals surface area contributed by atoms with Gasteiger partial charge in [-0.3, -0.25) is 4.79 Å². The fraction of sp³-hybridized carbons (Fsp3) is 0.0909. The van der Waals surface area contributed by atoms with Crippen LogP contribution in [0.25, 0.3) is 22.4 Å². The highest BCUT2D eigenvalue weighted by molar-refractivity contribution is 6.06. The Morgan fingerprint density at radius 2 is 1.44 bits per heavy atom. The summed E-state index contributed by atoms with van der Waals surface area (Å²) in [5.41, 5.74) is 5.24. The Bertz CT molecular complexity index is 1630. The number of hydrogen-bond donors (Lipinski definition) is 1. The van der Waals surface area contributed by atoms with Crippen LogP contribution in [0.2, 0.25) is 0 Å². The van der Waals surface area contributed by atoms with Crippen molar-refractivity contribution >= 4 is 11.7 Å². The number of anilines is 1. The van der Waals surface area contributed by atoms with Crippen LogP contribution in [0, 0.1) is 11.3 Å². The maximum atomic E-state index is 13.5. The molecule has 6 heteroatoms. The van der Waals surface area contributed by atoms with Crippen molar-refractivity contribution in [3.8, 4) is 40.0 Å². The fourth-order valence-electron chi connectivity index (χ4n) is 4.66. The van der Waals surface area contributed by atoms with Gasteiger partial charge in [-0.1, -0.05) is 78.9 Å². The number of rotatable bonds is 8. The van der Waals surface area contributed by atoms with Gasteiger partial charge in [0.25, 0.3) is 5.91 Å². The molecule has 0 spiro atoms. The van der Waals surface area contributed by atoms with Crippen LogP contribution >= 0.6 is 0 Å². The molecule has 1 heterocycles. The van der Waals surface area contributed by atoms with Crippen molar-refractivity contribution in [2.75, 3.05) is 19.5 Å². The van der Waals surface area contributed by atoms with Gasteiger partial charge in [-0.15, -0.1) is 0 Å². The number of benzene rings is 4. The van der Waals surface area contributed by atoms with E-state index in [0.717, 1.165) is 33.7 Å². The quantitative estimate of drug-likeness (QED) is 0.242. The summed E-state index contributed by atoms with van der Waals surface area (Å²) in [6.07, 6.45) is 0. The third-order valence-corrected chi connectivity index (χ3v) is 6.55. The highest BCUT2D eigenvalue weighted by atomic mass is 16.5. The number of ether oxygens (including phenoxy) is 2. The predicted molar refractivity (Wildman–Crippen MR) is 153 cm³/mol. The largest absolute Gasteiger partial charge is 0.497 e. The molecular weight excluding hydrogens is 486 g/mol. The molecule has 0 saturated carbocycles. The lowest BCUT2D eigenvalue weighted by molar-refractivity contribution is 0.102. The van der Waals surface area contributed by atoms with Crippen molar-refractivity contribution in [1.29, 1.82) is 5.26 Å². The zero-order valence-electron chi connectivity index (χ0n) is 21.7. The zero-order chi connectivity index (χ0) is 27.2. The molecule has 0 bridgehead atoms. The van der Waals surface area contributed by atoms with E-state index in [1.165, 1.54) is 0 Å². The zero-order valence-corrected chi connectivity index (χ0v) is 21.7. The molecule has 0 fully saturated rings. The first-order valence-corrected chi connectivity index (χ1v) is 12.5. The molecule has 0 atom stereocenters. The van der Waals surface area contributed by atoms with Gasteiger partial charge in [0.2, 0.25) is 0 Å². The number of methoxy groups -OCH3 is 2. The van der Waals surface area contributed by atoms with Gasteiger partial charge in [0, 0.05) is 17.7 Å². The molecule has 1 N–H and O–H groups in total. The van der Waals surface area contributed by atoms with Gasteiger partial charge in [-0.05, 0) is 47.0 Å².